The average Bonchev–Trinajstić information content (AvgIpc) is 3.42. The van der Waals surface area contributed by atoms with Crippen LogP contribution in [-0.2, 0) is 4.74 Å². The van der Waals surface area contributed by atoms with E-state index in [2.05, 4.69) is 5.32 Å². The topological polar surface area (TPSA) is 84.9 Å². The SMILES string of the molecule is O=C(Nc1cccc(Oc2ccc3c(c2)C(=O)N(CC2CCCO2)C3=O)c1)c1ccccc1Cl. The monoisotopic (exact) mass is 476 g/mol. The third kappa shape index (κ3) is 4.40. The van der Waals surface area contributed by atoms with Crippen LogP contribution in [0.2, 0.25) is 5.02 Å². The van der Waals surface area contributed by atoms with E-state index in [9.17, 15) is 14.4 Å². The number of rotatable bonds is 6. The summed E-state index contributed by atoms with van der Waals surface area (Å²) < 4.78 is 11.5. The molecule has 2 aliphatic rings. The lowest BCUT2D eigenvalue weighted by atomic mass is 10.1. The Labute approximate surface area is 201 Å². The number of hydrogen-bond donors (Lipinski definition) is 1. The van der Waals surface area contributed by atoms with Crippen molar-refractivity contribution in [2.75, 3.05) is 18.5 Å². The van der Waals surface area contributed by atoms with Crippen molar-refractivity contribution in [2.45, 2.75) is 18.9 Å². The lowest BCUT2D eigenvalue weighted by Crippen LogP contribution is -2.36. The number of halogens is 1. The van der Waals surface area contributed by atoms with Crippen LogP contribution >= 0.6 is 11.6 Å². The van der Waals surface area contributed by atoms with Crippen LogP contribution in [0.5, 0.6) is 11.5 Å². The molecule has 1 fully saturated rings. The fourth-order valence-corrected chi connectivity index (χ4v) is 4.33. The number of ether oxygens (including phenoxy) is 2. The van der Waals surface area contributed by atoms with Crippen molar-refractivity contribution < 1.29 is 23.9 Å². The first kappa shape index (κ1) is 22.1. The summed E-state index contributed by atoms with van der Waals surface area (Å²) in [6.45, 7) is 0.916. The van der Waals surface area contributed by atoms with E-state index in [4.69, 9.17) is 21.1 Å². The lowest BCUT2D eigenvalue weighted by Gasteiger charge is -2.17. The number of fused-ring (bicyclic) bond motifs is 1. The van der Waals surface area contributed by atoms with E-state index in [1.54, 1.807) is 66.7 Å². The molecule has 1 N–H and O–H groups in total. The Bertz CT molecular complexity index is 1290. The third-order valence-corrected chi connectivity index (χ3v) is 6.13. The van der Waals surface area contributed by atoms with Crippen LogP contribution in [0.25, 0.3) is 0 Å². The molecule has 1 unspecified atom stereocenters. The molecule has 5 rings (SSSR count). The molecule has 0 saturated carbocycles. The largest absolute Gasteiger partial charge is 0.457 e. The van der Waals surface area contributed by atoms with Crippen molar-refractivity contribution in [2.24, 2.45) is 0 Å². The fourth-order valence-electron chi connectivity index (χ4n) is 4.11. The summed E-state index contributed by atoms with van der Waals surface area (Å²) in [6, 6.07) is 18.5. The summed E-state index contributed by atoms with van der Waals surface area (Å²) in [7, 11) is 0. The maximum atomic E-state index is 12.9. The molecule has 3 amide bonds. The van der Waals surface area contributed by atoms with Gasteiger partial charge in [-0.2, -0.15) is 0 Å². The highest BCUT2D eigenvalue weighted by Crippen LogP contribution is 2.31. The van der Waals surface area contributed by atoms with Gasteiger partial charge in [0.15, 0.2) is 0 Å². The summed E-state index contributed by atoms with van der Waals surface area (Å²) >= 11 is 6.10. The zero-order valence-corrected chi connectivity index (χ0v) is 18.9. The zero-order chi connectivity index (χ0) is 23.7. The molecule has 3 aromatic carbocycles. The smallest absolute Gasteiger partial charge is 0.261 e. The molecule has 8 heteroatoms. The normalized spacial score (nSPS) is 17.1. The number of amides is 3. The summed E-state index contributed by atoms with van der Waals surface area (Å²) in [5, 5.41) is 3.16. The van der Waals surface area contributed by atoms with Gasteiger partial charge in [-0.25, -0.2) is 0 Å². The van der Waals surface area contributed by atoms with Gasteiger partial charge in [0.05, 0.1) is 34.4 Å². The number of carbonyl (C=O) groups excluding carboxylic acids is 3. The zero-order valence-electron chi connectivity index (χ0n) is 18.1. The maximum absolute atomic E-state index is 12.9. The Morgan fingerprint density at radius 1 is 1.00 bits per heavy atom. The van der Waals surface area contributed by atoms with E-state index in [0.29, 0.717) is 45.5 Å². The fraction of sp³-hybridized carbons (Fsp3) is 0.192. The molecule has 34 heavy (non-hydrogen) atoms. The summed E-state index contributed by atoms with van der Waals surface area (Å²) in [4.78, 5) is 39.4. The van der Waals surface area contributed by atoms with Crippen LogP contribution in [0.1, 0.15) is 43.9 Å². The Balaban J connectivity index is 1.30. The van der Waals surface area contributed by atoms with Gasteiger partial charge in [-0.15, -0.1) is 0 Å². The number of nitrogens with one attached hydrogen (secondary N) is 1. The number of nitrogens with zero attached hydrogens (tertiary/aromatic N) is 1. The van der Waals surface area contributed by atoms with Gasteiger partial charge in [0.1, 0.15) is 11.5 Å². The molecule has 172 valence electrons. The van der Waals surface area contributed by atoms with Crippen LogP contribution < -0.4 is 10.1 Å². The van der Waals surface area contributed by atoms with Crippen molar-refractivity contribution in [3.8, 4) is 11.5 Å². The Morgan fingerprint density at radius 3 is 2.59 bits per heavy atom. The molecule has 0 bridgehead atoms. The second-order valence-corrected chi connectivity index (χ2v) is 8.53. The van der Waals surface area contributed by atoms with E-state index in [0.717, 1.165) is 12.8 Å². The second kappa shape index (κ2) is 9.29. The standard InChI is InChI=1S/C26H21ClN2O5/c27-23-9-2-1-8-21(23)24(30)28-16-5-3-6-17(13-16)34-18-10-11-20-22(14-18)26(32)29(25(20)31)15-19-7-4-12-33-19/h1-3,5-6,8-11,13-14,19H,4,7,12,15H2,(H,28,30). The number of benzene rings is 3. The molecule has 2 heterocycles. The average molecular weight is 477 g/mol. The molecule has 2 aliphatic heterocycles. The highest BCUT2D eigenvalue weighted by Gasteiger charge is 2.37. The van der Waals surface area contributed by atoms with E-state index in [1.807, 2.05) is 0 Å². The van der Waals surface area contributed by atoms with Gasteiger partial charge < -0.3 is 14.8 Å². The Kier molecular flexibility index (Phi) is 6.04. The van der Waals surface area contributed by atoms with Crippen molar-refractivity contribution in [1.82, 2.24) is 4.90 Å². The Morgan fingerprint density at radius 2 is 1.79 bits per heavy atom. The predicted octanol–water partition coefficient (Wildman–Crippen LogP) is 5.16. The third-order valence-electron chi connectivity index (χ3n) is 5.80. The molecule has 1 atom stereocenters. The minimum absolute atomic E-state index is 0.110. The van der Waals surface area contributed by atoms with Crippen LogP contribution in [0.15, 0.2) is 66.7 Å². The summed E-state index contributed by atoms with van der Waals surface area (Å²) in [5.41, 5.74) is 1.56. The second-order valence-electron chi connectivity index (χ2n) is 8.13. The van der Waals surface area contributed by atoms with E-state index in [1.165, 1.54) is 4.90 Å². The highest BCUT2D eigenvalue weighted by molar-refractivity contribution is 6.34. The first-order chi connectivity index (χ1) is 16.5. The number of imide groups is 1. The molecular formula is C26H21ClN2O5. The van der Waals surface area contributed by atoms with Gasteiger partial charge in [0.25, 0.3) is 17.7 Å². The van der Waals surface area contributed by atoms with Gasteiger partial charge in [-0.3, -0.25) is 19.3 Å². The molecule has 1 saturated heterocycles. The minimum atomic E-state index is -0.346. The maximum Gasteiger partial charge on any atom is 0.261 e. The van der Waals surface area contributed by atoms with E-state index in [-0.39, 0.29) is 30.4 Å². The van der Waals surface area contributed by atoms with Crippen LogP contribution in [0.3, 0.4) is 0 Å². The molecule has 3 aromatic rings. The minimum Gasteiger partial charge on any atom is -0.457 e. The molecule has 0 aliphatic carbocycles. The Hall–Kier alpha value is -3.68. The van der Waals surface area contributed by atoms with Crippen molar-refractivity contribution in [1.29, 1.82) is 0 Å². The molecule has 0 spiro atoms. The first-order valence-corrected chi connectivity index (χ1v) is 11.3. The van der Waals surface area contributed by atoms with Crippen LogP contribution in [0.4, 0.5) is 5.69 Å². The summed E-state index contributed by atoms with van der Waals surface area (Å²) in [5.74, 6) is -0.123. The molecule has 0 aromatic heterocycles. The van der Waals surface area contributed by atoms with Gasteiger partial charge in [-0.1, -0.05) is 29.8 Å². The van der Waals surface area contributed by atoms with Crippen LogP contribution in [-0.4, -0.2) is 41.9 Å². The van der Waals surface area contributed by atoms with Crippen molar-refractivity contribution in [3.05, 3.63) is 88.4 Å². The van der Waals surface area contributed by atoms with Gasteiger partial charge >= 0.3 is 0 Å². The lowest BCUT2D eigenvalue weighted by molar-refractivity contribution is 0.0475. The predicted molar refractivity (Wildman–Crippen MR) is 127 cm³/mol. The van der Waals surface area contributed by atoms with Crippen LogP contribution in [0, 0.1) is 0 Å². The van der Waals surface area contributed by atoms with Gasteiger partial charge in [-0.05, 0) is 55.3 Å². The van der Waals surface area contributed by atoms with Gasteiger partial charge in [0, 0.05) is 18.4 Å². The first-order valence-electron chi connectivity index (χ1n) is 11.0. The quantitative estimate of drug-likeness (QED) is 0.497. The number of anilines is 1. The van der Waals surface area contributed by atoms with Crippen molar-refractivity contribution >= 4 is 35.0 Å². The molecular weight excluding hydrogens is 456 g/mol. The highest BCUT2D eigenvalue weighted by atomic mass is 35.5. The molecule has 0 radical (unpaired) electrons. The van der Waals surface area contributed by atoms with Gasteiger partial charge in [0.2, 0.25) is 0 Å². The number of carbonyl (C=O) groups is 3. The van der Waals surface area contributed by atoms with Crippen molar-refractivity contribution in [3.63, 3.8) is 0 Å². The number of hydrogen-bond acceptors (Lipinski definition) is 5. The molecule has 7 nitrogen and oxygen atoms in total. The van der Waals surface area contributed by atoms with E-state index < -0.39 is 0 Å². The summed E-state index contributed by atoms with van der Waals surface area (Å²) in [6.07, 6.45) is 1.66. The van der Waals surface area contributed by atoms with E-state index >= 15 is 0 Å².